The number of carbonyl (C=O) groups is 1. The molecular weight excluding hydrogens is 422 g/mol. The fraction of sp³-hybridized carbons (Fsp3) is 0.250. The number of hydrogen-bond donors (Lipinski definition) is 1. The van der Waals surface area contributed by atoms with E-state index in [0.29, 0.717) is 18.3 Å². The number of aromatic nitrogens is 4. The number of methoxy groups -OCH3 is 1. The monoisotopic (exact) mass is 447 g/mol. The van der Waals surface area contributed by atoms with Crippen molar-refractivity contribution in [2.24, 2.45) is 0 Å². The lowest BCUT2D eigenvalue weighted by Crippen LogP contribution is -2.28. The average Bonchev–Trinajstić information content (AvgIpc) is 3.24. The predicted octanol–water partition coefficient (Wildman–Crippen LogP) is 4.11. The molecule has 1 unspecified atom stereocenters. The molecular formula is C24H25N5O2S. The van der Waals surface area contributed by atoms with E-state index in [-0.39, 0.29) is 17.7 Å². The van der Waals surface area contributed by atoms with Gasteiger partial charge in [-0.1, -0.05) is 48.2 Å². The van der Waals surface area contributed by atoms with Gasteiger partial charge < -0.3 is 10.1 Å². The first-order valence-corrected chi connectivity index (χ1v) is 11.4. The molecule has 164 valence electrons. The van der Waals surface area contributed by atoms with Crippen molar-refractivity contribution in [2.45, 2.75) is 24.7 Å². The average molecular weight is 448 g/mol. The molecule has 2 aromatic carbocycles. The van der Waals surface area contributed by atoms with Gasteiger partial charge in [0.2, 0.25) is 5.91 Å². The molecule has 1 amide bonds. The third-order valence-corrected chi connectivity index (χ3v) is 6.12. The lowest BCUT2D eigenvalue weighted by atomic mass is 10.0. The molecule has 0 bridgehead atoms. The molecule has 0 fully saturated rings. The second-order valence-corrected chi connectivity index (χ2v) is 8.31. The molecule has 2 aromatic heterocycles. The predicted molar refractivity (Wildman–Crippen MR) is 126 cm³/mol. The van der Waals surface area contributed by atoms with E-state index >= 15 is 0 Å². The standard InChI is InChI=1S/C24H25N5O2S/c1-17(20-8-7-18-5-3-4-6-21(18)15-20)26-22(30)16-32-24-28-27-23(29(24)13-14-31-2)19-9-11-25-12-10-19/h3-12,15,17H,13-14,16H2,1-2H3,(H,26,30). The molecule has 0 aliphatic heterocycles. The van der Waals surface area contributed by atoms with Crippen LogP contribution in [0.2, 0.25) is 0 Å². The van der Waals surface area contributed by atoms with Crippen LogP contribution in [0.4, 0.5) is 0 Å². The van der Waals surface area contributed by atoms with Gasteiger partial charge in [0.15, 0.2) is 11.0 Å². The van der Waals surface area contributed by atoms with Crippen molar-refractivity contribution in [2.75, 3.05) is 19.5 Å². The van der Waals surface area contributed by atoms with E-state index in [2.05, 4.69) is 50.8 Å². The van der Waals surface area contributed by atoms with Crippen LogP contribution in [0.25, 0.3) is 22.2 Å². The molecule has 7 nitrogen and oxygen atoms in total. The summed E-state index contributed by atoms with van der Waals surface area (Å²) in [5.41, 5.74) is 2.00. The Morgan fingerprint density at radius 2 is 1.88 bits per heavy atom. The summed E-state index contributed by atoms with van der Waals surface area (Å²) in [6.45, 7) is 3.11. The molecule has 0 spiro atoms. The summed E-state index contributed by atoms with van der Waals surface area (Å²) >= 11 is 1.37. The minimum Gasteiger partial charge on any atom is -0.383 e. The maximum atomic E-state index is 12.6. The first-order chi connectivity index (χ1) is 15.7. The Balaban J connectivity index is 1.42. The van der Waals surface area contributed by atoms with Crippen molar-refractivity contribution in [3.05, 3.63) is 72.6 Å². The molecule has 4 rings (SSSR count). The number of benzene rings is 2. The smallest absolute Gasteiger partial charge is 0.230 e. The SMILES string of the molecule is COCCn1c(SCC(=O)NC(C)c2ccc3ccccc3c2)nnc1-c1ccncc1. The number of nitrogens with one attached hydrogen (secondary N) is 1. The zero-order valence-electron chi connectivity index (χ0n) is 18.1. The summed E-state index contributed by atoms with van der Waals surface area (Å²) in [7, 11) is 1.66. The van der Waals surface area contributed by atoms with Gasteiger partial charge in [0.1, 0.15) is 0 Å². The molecule has 1 N–H and O–H groups in total. The van der Waals surface area contributed by atoms with Crippen molar-refractivity contribution in [1.82, 2.24) is 25.1 Å². The molecule has 0 aliphatic carbocycles. The van der Waals surface area contributed by atoms with Gasteiger partial charge in [0.25, 0.3) is 0 Å². The number of ether oxygens (including phenoxy) is 1. The minimum absolute atomic E-state index is 0.0533. The summed E-state index contributed by atoms with van der Waals surface area (Å²) in [6.07, 6.45) is 3.44. The molecule has 0 aliphatic rings. The van der Waals surface area contributed by atoms with E-state index in [9.17, 15) is 4.79 Å². The van der Waals surface area contributed by atoms with Crippen molar-refractivity contribution < 1.29 is 9.53 Å². The Hall–Kier alpha value is -3.23. The van der Waals surface area contributed by atoms with Gasteiger partial charge in [-0.05, 0) is 41.5 Å². The van der Waals surface area contributed by atoms with Gasteiger partial charge in [-0.3, -0.25) is 14.3 Å². The van der Waals surface area contributed by atoms with E-state index in [1.807, 2.05) is 35.8 Å². The van der Waals surface area contributed by atoms with Crippen LogP contribution in [0.5, 0.6) is 0 Å². The van der Waals surface area contributed by atoms with Crippen LogP contribution in [0.1, 0.15) is 18.5 Å². The molecule has 1 atom stereocenters. The van der Waals surface area contributed by atoms with E-state index in [4.69, 9.17) is 4.74 Å². The fourth-order valence-corrected chi connectivity index (χ4v) is 4.24. The molecule has 0 saturated heterocycles. The van der Waals surface area contributed by atoms with Gasteiger partial charge in [-0.15, -0.1) is 10.2 Å². The maximum absolute atomic E-state index is 12.6. The van der Waals surface area contributed by atoms with E-state index in [1.165, 1.54) is 17.1 Å². The van der Waals surface area contributed by atoms with Crippen LogP contribution in [-0.2, 0) is 16.1 Å². The topological polar surface area (TPSA) is 81.9 Å². The first kappa shape index (κ1) is 22.0. The second kappa shape index (κ2) is 10.4. The van der Waals surface area contributed by atoms with Crippen LogP contribution in [0.3, 0.4) is 0 Å². The highest BCUT2D eigenvalue weighted by atomic mass is 32.2. The Morgan fingerprint density at radius 1 is 1.09 bits per heavy atom. The summed E-state index contributed by atoms with van der Waals surface area (Å²) in [4.78, 5) is 16.7. The summed E-state index contributed by atoms with van der Waals surface area (Å²) in [5.74, 6) is 0.929. The number of amides is 1. The lowest BCUT2D eigenvalue weighted by Gasteiger charge is -2.15. The van der Waals surface area contributed by atoms with Crippen molar-refractivity contribution in [1.29, 1.82) is 0 Å². The van der Waals surface area contributed by atoms with Crippen LogP contribution in [0, 0.1) is 0 Å². The van der Waals surface area contributed by atoms with E-state index in [0.717, 1.165) is 22.3 Å². The van der Waals surface area contributed by atoms with Gasteiger partial charge in [-0.2, -0.15) is 0 Å². The van der Waals surface area contributed by atoms with Crippen LogP contribution >= 0.6 is 11.8 Å². The minimum atomic E-state index is -0.0913. The number of nitrogens with zero attached hydrogens (tertiary/aromatic N) is 4. The number of hydrogen-bond acceptors (Lipinski definition) is 6. The first-order valence-electron chi connectivity index (χ1n) is 10.4. The third kappa shape index (κ3) is 5.15. The Labute approximate surface area is 191 Å². The summed E-state index contributed by atoms with van der Waals surface area (Å²) < 4.78 is 7.22. The van der Waals surface area contributed by atoms with Crippen molar-refractivity contribution >= 4 is 28.4 Å². The van der Waals surface area contributed by atoms with Gasteiger partial charge in [0.05, 0.1) is 24.9 Å². The van der Waals surface area contributed by atoms with Gasteiger partial charge in [0, 0.05) is 25.1 Å². The van der Waals surface area contributed by atoms with Crippen LogP contribution in [-0.4, -0.2) is 45.1 Å². The van der Waals surface area contributed by atoms with Crippen LogP contribution < -0.4 is 5.32 Å². The highest BCUT2D eigenvalue weighted by molar-refractivity contribution is 7.99. The number of fused-ring (bicyclic) bond motifs is 1. The maximum Gasteiger partial charge on any atom is 0.230 e. The Kier molecular flexibility index (Phi) is 7.14. The summed E-state index contributed by atoms with van der Waals surface area (Å²) in [5, 5.41) is 14.8. The molecule has 8 heteroatoms. The Bertz CT molecular complexity index is 1200. The molecule has 0 saturated carbocycles. The highest BCUT2D eigenvalue weighted by Gasteiger charge is 2.17. The largest absolute Gasteiger partial charge is 0.383 e. The number of pyridine rings is 1. The number of carbonyl (C=O) groups excluding carboxylic acids is 1. The second-order valence-electron chi connectivity index (χ2n) is 7.37. The quantitative estimate of drug-likeness (QED) is 0.389. The van der Waals surface area contributed by atoms with E-state index in [1.54, 1.807) is 19.5 Å². The molecule has 4 aromatic rings. The summed E-state index contributed by atoms with van der Waals surface area (Å²) in [6, 6.07) is 18.2. The van der Waals surface area contributed by atoms with Crippen molar-refractivity contribution in [3.8, 4) is 11.4 Å². The van der Waals surface area contributed by atoms with Gasteiger partial charge >= 0.3 is 0 Å². The highest BCUT2D eigenvalue weighted by Crippen LogP contribution is 2.24. The third-order valence-electron chi connectivity index (χ3n) is 5.16. The zero-order valence-corrected chi connectivity index (χ0v) is 18.9. The normalized spacial score (nSPS) is 12.1. The fourth-order valence-electron chi connectivity index (χ4n) is 3.47. The Morgan fingerprint density at radius 3 is 2.66 bits per heavy atom. The lowest BCUT2D eigenvalue weighted by molar-refractivity contribution is -0.119. The van der Waals surface area contributed by atoms with Crippen LogP contribution in [0.15, 0.2) is 72.1 Å². The molecule has 0 radical (unpaired) electrons. The number of thioether (sulfide) groups is 1. The zero-order chi connectivity index (χ0) is 22.3. The molecule has 32 heavy (non-hydrogen) atoms. The van der Waals surface area contributed by atoms with Gasteiger partial charge in [-0.25, -0.2) is 0 Å². The van der Waals surface area contributed by atoms with E-state index < -0.39 is 0 Å². The molecule has 2 heterocycles. The van der Waals surface area contributed by atoms with Crippen molar-refractivity contribution in [3.63, 3.8) is 0 Å². The number of rotatable bonds is 9.